The molecule has 0 fully saturated rings. The first-order chi connectivity index (χ1) is 9.26. The van der Waals surface area contributed by atoms with E-state index in [0.29, 0.717) is 11.8 Å². The monoisotopic (exact) mass is 383 g/mol. The van der Waals surface area contributed by atoms with Crippen molar-refractivity contribution in [3.63, 3.8) is 0 Å². The molecule has 0 aliphatic rings. The Kier molecular flexibility index (Phi) is 3.52. The van der Waals surface area contributed by atoms with E-state index >= 15 is 0 Å². The summed E-state index contributed by atoms with van der Waals surface area (Å²) in [5.74, 6) is 1.92. The molecule has 96 valence electrons. The van der Waals surface area contributed by atoms with Gasteiger partial charge in [0.25, 0.3) is 0 Å². The molecule has 1 N–H and O–H groups in total. The molecule has 0 saturated carbocycles. The lowest BCUT2D eigenvalue weighted by molar-refractivity contribution is 0.469. The summed E-state index contributed by atoms with van der Waals surface area (Å²) in [7, 11) is 1.80. The van der Waals surface area contributed by atoms with Crippen LogP contribution >= 0.6 is 33.9 Å². The predicted molar refractivity (Wildman–Crippen MR) is 86.2 cm³/mol. The van der Waals surface area contributed by atoms with Gasteiger partial charge in [0, 0.05) is 10.6 Å². The average Bonchev–Trinajstić information content (AvgIpc) is 2.87. The second-order valence-electron chi connectivity index (χ2n) is 3.80. The summed E-state index contributed by atoms with van der Waals surface area (Å²) in [5, 5.41) is 5.87. The number of halogens is 1. The standard InChI is InChI=1S/C13H10IN3OS/c1-15-13-16-11(10-5-6-19-12(10)17-13)18-9-4-2-3-8(14)7-9/h2-7H,1H3,(H,15,16,17). The molecule has 2 heterocycles. The number of nitrogens with one attached hydrogen (secondary N) is 1. The quantitative estimate of drug-likeness (QED) is 0.691. The molecule has 0 aliphatic carbocycles. The third-order valence-corrected chi connectivity index (χ3v) is 4.00. The van der Waals surface area contributed by atoms with E-state index < -0.39 is 0 Å². The summed E-state index contributed by atoms with van der Waals surface area (Å²) in [5.41, 5.74) is 0. The number of hydrogen-bond donors (Lipinski definition) is 1. The minimum atomic E-state index is 0.565. The molecule has 0 atom stereocenters. The number of ether oxygens (including phenoxy) is 1. The third kappa shape index (κ3) is 2.64. The van der Waals surface area contributed by atoms with Gasteiger partial charge in [-0.1, -0.05) is 6.07 Å². The maximum absolute atomic E-state index is 5.88. The zero-order valence-electron chi connectivity index (χ0n) is 10.1. The molecule has 0 radical (unpaired) electrons. The molecule has 2 aromatic heterocycles. The summed E-state index contributed by atoms with van der Waals surface area (Å²) in [4.78, 5) is 9.68. The van der Waals surface area contributed by atoms with Crippen molar-refractivity contribution in [3.05, 3.63) is 39.3 Å². The van der Waals surface area contributed by atoms with Gasteiger partial charge in [-0.15, -0.1) is 11.3 Å². The Morgan fingerprint density at radius 3 is 2.95 bits per heavy atom. The molecule has 19 heavy (non-hydrogen) atoms. The highest BCUT2D eigenvalue weighted by Gasteiger charge is 2.10. The number of aromatic nitrogens is 2. The zero-order chi connectivity index (χ0) is 13.2. The number of thiophene rings is 1. The number of benzene rings is 1. The summed E-state index contributed by atoms with van der Waals surface area (Å²) in [6.07, 6.45) is 0. The number of nitrogens with zero attached hydrogens (tertiary/aromatic N) is 2. The van der Waals surface area contributed by atoms with Gasteiger partial charge in [-0.3, -0.25) is 0 Å². The minimum absolute atomic E-state index is 0.565. The number of fused-ring (bicyclic) bond motifs is 1. The molecule has 4 nitrogen and oxygen atoms in total. The topological polar surface area (TPSA) is 47.0 Å². The van der Waals surface area contributed by atoms with E-state index in [2.05, 4.69) is 37.9 Å². The van der Waals surface area contributed by atoms with Crippen molar-refractivity contribution in [1.82, 2.24) is 9.97 Å². The lowest BCUT2D eigenvalue weighted by atomic mass is 10.3. The second-order valence-corrected chi connectivity index (χ2v) is 5.94. The van der Waals surface area contributed by atoms with E-state index in [1.54, 1.807) is 18.4 Å². The van der Waals surface area contributed by atoms with Crippen LogP contribution in [0.5, 0.6) is 11.6 Å². The highest BCUT2D eigenvalue weighted by Crippen LogP contribution is 2.31. The van der Waals surface area contributed by atoms with Gasteiger partial charge >= 0.3 is 0 Å². The van der Waals surface area contributed by atoms with Gasteiger partial charge in [0.1, 0.15) is 10.6 Å². The summed E-state index contributed by atoms with van der Waals surface area (Å²) in [6, 6.07) is 9.85. The lowest BCUT2D eigenvalue weighted by Gasteiger charge is -2.07. The molecule has 3 aromatic rings. The Labute approximate surface area is 128 Å². The fourth-order valence-electron chi connectivity index (χ4n) is 1.66. The van der Waals surface area contributed by atoms with Crippen molar-refractivity contribution in [1.29, 1.82) is 0 Å². The van der Waals surface area contributed by atoms with Crippen LogP contribution in [-0.4, -0.2) is 17.0 Å². The molecule has 0 saturated heterocycles. The van der Waals surface area contributed by atoms with E-state index in [1.807, 2.05) is 35.7 Å². The SMILES string of the molecule is CNc1nc(Oc2cccc(I)c2)c2ccsc2n1. The smallest absolute Gasteiger partial charge is 0.232 e. The van der Waals surface area contributed by atoms with Crippen molar-refractivity contribution < 1.29 is 4.74 Å². The first kappa shape index (κ1) is 12.6. The fraction of sp³-hybridized carbons (Fsp3) is 0.0769. The van der Waals surface area contributed by atoms with Crippen LogP contribution in [0.15, 0.2) is 35.7 Å². The first-order valence-corrected chi connectivity index (χ1v) is 7.58. The van der Waals surface area contributed by atoms with E-state index in [4.69, 9.17) is 4.74 Å². The summed E-state index contributed by atoms with van der Waals surface area (Å²) in [6.45, 7) is 0. The predicted octanol–water partition coefficient (Wildman–Crippen LogP) is 4.13. The molecule has 0 amide bonds. The van der Waals surface area contributed by atoms with Crippen LogP contribution < -0.4 is 10.1 Å². The Morgan fingerprint density at radius 2 is 2.16 bits per heavy atom. The summed E-state index contributed by atoms with van der Waals surface area (Å²) < 4.78 is 7.01. The van der Waals surface area contributed by atoms with Crippen LogP contribution in [-0.2, 0) is 0 Å². The number of anilines is 1. The molecule has 6 heteroatoms. The second kappa shape index (κ2) is 5.30. The Morgan fingerprint density at radius 1 is 1.26 bits per heavy atom. The van der Waals surface area contributed by atoms with Crippen LogP contribution in [0.25, 0.3) is 10.2 Å². The van der Waals surface area contributed by atoms with Crippen LogP contribution in [0.4, 0.5) is 5.95 Å². The van der Waals surface area contributed by atoms with Crippen molar-refractivity contribution in [2.75, 3.05) is 12.4 Å². The van der Waals surface area contributed by atoms with Gasteiger partial charge in [0.05, 0.1) is 5.39 Å². The van der Waals surface area contributed by atoms with Crippen LogP contribution in [0.3, 0.4) is 0 Å². The molecule has 3 rings (SSSR count). The average molecular weight is 383 g/mol. The highest BCUT2D eigenvalue weighted by molar-refractivity contribution is 14.1. The highest BCUT2D eigenvalue weighted by atomic mass is 127. The largest absolute Gasteiger partial charge is 0.438 e. The van der Waals surface area contributed by atoms with Gasteiger partial charge in [-0.05, 0) is 52.2 Å². The van der Waals surface area contributed by atoms with E-state index in [1.165, 1.54) is 0 Å². The van der Waals surface area contributed by atoms with E-state index in [0.717, 1.165) is 19.5 Å². The maximum atomic E-state index is 5.88. The van der Waals surface area contributed by atoms with Gasteiger partial charge in [-0.25, -0.2) is 4.98 Å². The fourth-order valence-corrected chi connectivity index (χ4v) is 2.93. The maximum Gasteiger partial charge on any atom is 0.232 e. The Bertz CT molecular complexity index is 729. The zero-order valence-corrected chi connectivity index (χ0v) is 13.0. The summed E-state index contributed by atoms with van der Waals surface area (Å²) >= 11 is 3.83. The van der Waals surface area contributed by atoms with Crippen LogP contribution in [0.1, 0.15) is 0 Å². The van der Waals surface area contributed by atoms with Crippen LogP contribution in [0.2, 0.25) is 0 Å². The van der Waals surface area contributed by atoms with Gasteiger partial charge in [0.15, 0.2) is 0 Å². The molecule has 0 spiro atoms. The first-order valence-electron chi connectivity index (χ1n) is 5.62. The van der Waals surface area contributed by atoms with Crippen molar-refractivity contribution in [2.45, 2.75) is 0 Å². The third-order valence-electron chi connectivity index (χ3n) is 2.52. The van der Waals surface area contributed by atoms with Crippen LogP contribution in [0, 0.1) is 3.57 Å². The van der Waals surface area contributed by atoms with Gasteiger partial charge in [-0.2, -0.15) is 4.98 Å². The van der Waals surface area contributed by atoms with Crippen molar-refractivity contribution >= 4 is 50.1 Å². The molecular weight excluding hydrogens is 373 g/mol. The Balaban J connectivity index is 2.06. The molecule has 0 bridgehead atoms. The molecular formula is C13H10IN3OS. The molecule has 1 aromatic carbocycles. The van der Waals surface area contributed by atoms with E-state index in [9.17, 15) is 0 Å². The van der Waals surface area contributed by atoms with Crippen molar-refractivity contribution in [3.8, 4) is 11.6 Å². The molecule has 0 unspecified atom stereocenters. The molecule has 0 aliphatic heterocycles. The van der Waals surface area contributed by atoms with Gasteiger partial charge in [0.2, 0.25) is 11.8 Å². The number of rotatable bonds is 3. The Hall–Kier alpha value is -1.41. The number of hydrogen-bond acceptors (Lipinski definition) is 5. The minimum Gasteiger partial charge on any atom is -0.438 e. The normalized spacial score (nSPS) is 10.6. The van der Waals surface area contributed by atoms with E-state index in [-0.39, 0.29) is 0 Å². The van der Waals surface area contributed by atoms with Crippen molar-refractivity contribution in [2.24, 2.45) is 0 Å². The van der Waals surface area contributed by atoms with Gasteiger partial charge < -0.3 is 10.1 Å². The lowest BCUT2D eigenvalue weighted by Crippen LogP contribution is -1.98.